The van der Waals surface area contributed by atoms with Crippen LogP contribution < -0.4 is 5.32 Å². The van der Waals surface area contributed by atoms with Gasteiger partial charge < -0.3 is 20.3 Å². The predicted molar refractivity (Wildman–Crippen MR) is 68.7 cm³/mol. The van der Waals surface area contributed by atoms with E-state index in [4.69, 9.17) is 4.74 Å². The summed E-state index contributed by atoms with van der Waals surface area (Å²) in [4.78, 5) is 2.14. The molecule has 1 fully saturated rings. The van der Waals surface area contributed by atoms with Crippen LogP contribution in [0.5, 0.6) is 11.5 Å². The lowest BCUT2D eigenvalue weighted by Crippen LogP contribution is -2.44. The standard InChI is InChI=1S/C13H20N2O3/c1-15(9-11-7-14-4-5-18-11)8-10-2-3-12(16)13(17)6-10/h2-3,6,11,14,16-17H,4-5,7-9H2,1H3. The smallest absolute Gasteiger partial charge is 0.157 e. The van der Waals surface area contributed by atoms with Gasteiger partial charge in [-0.1, -0.05) is 6.07 Å². The number of benzene rings is 1. The normalized spacial score (nSPS) is 20.2. The molecule has 1 aromatic rings. The van der Waals surface area contributed by atoms with Crippen LogP contribution in [-0.2, 0) is 11.3 Å². The third-order valence-electron chi connectivity index (χ3n) is 3.01. The van der Waals surface area contributed by atoms with Gasteiger partial charge in [-0.2, -0.15) is 0 Å². The van der Waals surface area contributed by atoms with E-state index in [0.29, 0.717) is 6.54 Å². The van der Waals surface area contributed by atoms with E-state index < -0.39 is 0 Å². The average Bonchev–Trinajstić information content (AvgIpc) is 2.35. The molecule has 5 heteroatoms. The van der Waals surface area contributed by atoms with Crippen LogP contribution in [0.4, 0.5) is 0 Å². The quantitative estimate of drug-likeness (QED) is 0.682. The van der Waals surface area contributed by atoms with Crippen LogP contribution >= 0.6 is 0 Å². The maximum absolute atomic E-state index is 9.43. The molecule has 1 aliphatic heterocycles. The minimum absolute atomic E-state index is 0.0727. The van der Waals surface area contributed by atoms with Gasteiger partial charge in [0.1, 0.15) is 0 Å². The predicted octanol–water partition coefficient (Wildman–Crippen LogP) is 0.518. The average molecular weight is 252 g/mol. The molecule has 1 heterocycles. The summed E-state index contributed by atoms with van der Waals surface area (Å²) >= 11 is 0. The van der Waals surface area contributed by atoms with Gasteiger partial charge in [-0.05, 0) is 24.7 Å². The van der Waals surface area contributed by atoms with E-state index in [0.717, 1.165) is 31.8 Å². The lowest BCUT2D eigenvalue weighted by atomic mass is 10.2. The van der Waals surface area contributed by atoms with Gasteiger partial charge in [-0.15, -0.1) is 0 Å². The van der Waals surface area contributed by atoms with Crippen molar-refractivity contribution in [3.63, 3.8) is 0 Å². The molecule has 3 N–H and O–H groups in total. The lowest BCUT2D eigenvalue weighted by molar-refractivity contribution is 0.00884. The first kappa shape index (κ1) is 13.1. The first-order chi connectivity index (χ1) is 8.65. The zero-order valence-electron chi connectivity index (χ0n) is 10.6. The number of nitrogens with zero attached hydrogens (tertiary/aromatic N) is 1. The van der Waals surface area contributed by atoms with Crippen LogP contribution in [0, 0.1) is 0 Å². The van der Waals surface area contributed by atoms with Crippen molar-refractivity contribution in [3.05, 3.63) is 23.8 Å². The molecule has 2 rings (SSSR count). The highest BCUT2D eigenvalue weighted by molar-refractivity contribution is 5.40. The number of phenolic OH excluding ortho intramolecular Hbond substituents is 2. The molecule has 1 aromatic carbocycles. The van der Waals surface area contributed by atoms with E-state index in [9.17, 15) is 10.2 Å². The summed E-state index contributed by atoms with van der Waals surface area (Å²) in [7, 11) is 2.02. The monoisotopic (exact) mass is 252 g/mol. The van der Waals surface area contributed by atoms with Crippen molar-refractivity contribution < 1.29 is 14.9 Å². The Hall–Kier alpha value is -1.30. The fourth-order valence-electron chi connectivity index (χ4n) is 2.13. The van der Waals surface area contributed by atoms with Crippen molar-refractivity contribution in [1.29, 1.82) is 0 Å². The molecular formula is C13H20N2O3. The van der Waals surface area contributed by atoms with Gasteiger partial charge in [-0.25, -0.2) is 0 Å². The molecule has 1 aliphatic rings. The summed E-state index contributed by atoms with van der Waals surface area (Å²) < 4.78 is 5.64. The largest absolute Gasteiger partial charge is 0.504 e. The van der Waals surface area contributed by atoms with Gasteiger partial charge in [0, 0.05) is 26.2 Å². The maximum Gasteiger partial charge on any atom is 0.157 e. The van der Waals surface area contributed by atoms with Crippen LogP contribution in [0.3, 0.4) is 0 Å². The number of likely N-dealkylation sites (N-methyl/N-ethyl adjacent to an activating group) is 1. The van der Waals surface area contributed by atoms with Crippen LogP contribution in [-0.4, -0.2) is 54.5 Å². The van der Waals surface area contributed by atoms with Crippen molar-refractivity contribution in [2.24, 2.45) is 0 Å². The number of phenols is 2. The zero-order valence-corrected chi connectivity index (χ0v) is 10.6. The molecule has 0 aliphatic carbocycles. The second-order valence-electron chi connectivity index (χ2n) is 4.72. The second-order valence-corrected chi connectivity index (χ2v) is 4.72. The molecule has 0 radical (unpaired) electrons. The molecule has 1 unspecified atom stereocenters. The molecule has 100 valence electrons. The third-order valence-corrected chi connectivity index (χ3v) is 3.01. The first-order valence-electron chi connectivity index (χ1n) is 6.17. The summed E-state index contributed by atoms with van der Waals surface area (Å²) in [5, 5.41) is 22.0. The second kappa shape index (κ2) is 6.04. The molecule has 1 atom stereocenters. The molecule has 1 saturated heterocycles. The van der Waals surface area contributed by atoms with E-state index in [-0.39, 0.29) is 17.6 Å². The summed E-state index contributed by atoms with van der Waals surface area (Å²) in [5.74, 6) is -0.155. The molecule has 0 amide bonds. The zero-order chi connectivity index (χ0) is 13.0. The SMILES string of the molecule is CN(Cc1ccc(O)c(O)c1)CC1CNCCO1. The fraction of sp³-hybridized carbons (Fsp3) is 0.538. The number of ether oxygens (including phenoxy) is 1. The lowest BCUT2D eigenvalue weighted by Gasteiger charge is -2.28. The molecule has 5 nitrogen and oxygen atoms in total. The number of aromatic hydroxyl groups is 2. The third kappa shape index (κ3) is 3.60. The van der Waals surface area contributed by atoms with Crippen LogP contribution in [0.2, 0.25) is 0 Å². The summed E-state index contributed by atoms with van der Waals surface area (Å²) in [5.41, 5.74) is 0.969. The molecule has 18 heavy (non-hydrogen) atoms. The van der Waals surface area contributed by atoms with Crippen molar-refractivity contribution in [2.45, 2.75) is 12.6 Å². The Balaban J connectivity index is 1.85. The van der Waals surface area contributed by atoms with Crippen molar-refractivity contribution in [1.82, 2.24) is 10.2 Å². The van der Waals surface area contributed by atoms with E-state index in [1.807, 2.05) is 13.1 Å². The molecule has 0 spiro atoms. The number of hydrogen-bond acceptors (Lipinski definition) is 5. The Morgan fingerprint density at radius 2 is 2.22 bits per heavy atom. The fourth-order valence-corrected chi connectivity index (χ4v) is 2.13. The van der Waals surface area contributed by atoms with Crippen LogP contribution in [0.15, 0.2) is 18.2 Å². The maximum atomic E-state index is 9.43. The summed E-state index contributed by atoms with van der Waals surface area (Å²) in [6, 6.07) is 4.91. The highest BCUT2D eigenvalue weighted by atomic mass is 16.5. The van der Waals surface area contributed by atoms with Crippen LogP contribution in [0.25, 0.3) is 0 Å². The number of nitrogens with one attached hydrogen (secondary N) is 1. The van der Waals surface area contributed by atoms with Crippen molar-refractivity contribution in [3.8, 4) is 11.5 Å². The first-order valence-corrected chi connectivity index (χ1v) is 6.17. The number of rotatable bonds is 4. The van der Waals surface area contributed by atoms with E-state index in [2.05, 4.69) is 10.2 Å². The van der Waals surface area contributed by atoms with Gasteiger partial charge in [-0.3, -0.25) is 4.90 Å². The van der Waals surface area contributed by atoms with Gasteiger partial charge in [0.25, 0.3) is 0 Å². The van der Waals surface area contributed by atoms with Gasteiger partial charge >= 0.3 is 0 Å². The van der Waals surface area contributed by atoms with Gasteiger partial charge in [0.05, 0.1) is 12.7 Å². The molecule has 0 aromatic heterocycles. The van der Waals surface area contributed by atoms with E-state index in [1.54, 1.807) is 6.07 Å². The highest BCUT2D eigenvalue weighted by Gasteiger charge is 2.15. The van der Waals surface area contributed by atoms with Crippen LogP contribution in [0.1, 0.15) is 5.56 Å². The summed E-state index contributed by atoms with van der Waals surface area (Å²) in [6.07, 6.45) is 0.217. The van der Waals surface area contributed by atoms with E-state index in [1.165, 1.54) is 6.07 Å². The minimum atomic E-state index is -0.0822. The Labute approximate surface area is 107 Å². The van der Waals surface area contributed by atoms with Crippen molar-refractivity contribution >= 4 is 0 Å². The summed E-state index contributed by atoms with van der Waals surface area (Å²) in [6.45, 7) is 4.12. The Morgan fingerprint density at radius 1 is 1.39 bits per heavy atom. The topological polar surface area (TPSA) is 65.0 Å². The van der Waals surface area contributed by atoms with E-state index >= 15 is 0 Å². The van der Waals surface area contributed by atoms with Gasteiger partial charge in [0.15, 0.2) is 11.5 Å². The number of morpholine rings is 1. The van der Waals surface area contributed by atoms with Crippen molar-refractivity contribution in [2.75, 3.05) is 33.3 Å². The Bertz CT molecular complexity index is 392. The minimum Gasteiger partial charge on any atom is -0.504 e. The Kier molecular flexibility index (Phi) is 4.41. The van der Waals surface area contributed by atoms with Gasteiger partial charge in [0.2, 0.25) is 0 Å². The molecular weight excluding hydrogens is 232 g/mol. The molecule has 0 saturated carbocycles. The number of hydrogen-bond donors (Lipinski definition) is 3. The highest BCUT2D eigenvalue weighted by Crippen LogP contribution is 2.25. The molecule has 0 bridgehead atoms. The Morgan fingerprint density at radius 3 is 2.89 bits per heavy atom.